The molecule has 25 heavy (non-hydrogen) atoms. The molecule has 0 fully saturated rings. The number of halogens is 2. The molecule has 1 aromatic carbocycles. The van der Waals surface area contributed by atoms with Gasteiger partial charge in [-0.05, 0) is 34.0 Å². The molecule has 7 heteroatoms. The van der Waals surface area contributed by atoms with Crippen LogP contribution in [-0.4, -0.2) is 21.0 Å². The molecular weight excluding hydrogens is 387 g/mol. The highest BCUT2D eigenvalue weighted by atomic mass is 79.9. The van der Waals surface area contributed by atoms with Gasteiger partial charge in [0.2, 0.25) is 5.95 Å². The summed E-state index contributed by atoms with van der Waals surface area (Å²) in [5.74, 6) is 1.50. The zero-order chi connectivity index (χ0) is 17.6. The van der Waals surface area contributed by atoms with Gasteiger partial charge in [-0.3, -0.25) is 4.40 Å². The zero-order valence-corrected chi connectivity index (χ0v) is 15.6. The standard InChI is InChI=1S/C18H18BrFN4O/c1-10(2)15-9-24-17(23-15)13(19)8-22-18(24)21-7-12-11-5-6-25-16(11)4-3-14(12)20/h3-4,8-10H,5-7H2,1-2H3,(H,21,22). The average molecular weight is 405 g/mol. The topological polar surface area (TPSA) is 51.5 Å². The second kappa shape index (κ2) is 6.29. The van der Waals surface area contributed by atoms with Crippen molar-refractivity contribution in [3.8, 4) is 5.75 Å². The molecule has 1 N–H and O–H groups in total. The van der Waals surface area contributed by atoms with Gasteiger partial charge in [-0.2, -0.15) is 0 Å². The van der Waals surface area contributed by atoms with E-state index in [-0.39, 0.29) is 5.82 Å². The fourth-order valence-electron chi connectivity index (χ4n) is 3.05. The molecule has 130 valence electrons. The molecule has 0 saturated heterocycles. The van der Waals surface area contributed by atoms with Crippen LogP contribution in [0.4, 0.5) is 10.3 Å². The normalized spacial score (nSPS) is 13.3. The summed E-state index contributed by atoms with van der Waals surface area (Å²) in [5.41, 5.74) is 3.35. The van der Waals surface area contributed by atoms with Crippen molar-refractivity contribution in [3.63, 3.8) is 0 Å². The maximum absolute atomic E-state index is 14.3. The number of nitrogens with zero attached hydrogens (tertiary/aromatic N) is 3. The first-order valence-electron chi connectivity index (χ1n) is 8.25. The average Bonchev–Trinajstić information content (AvgIpc) is 3.22. The molecule has 0 aliphatic carbocycles. The Morgan fingerprint density at radius 3 is 3.04 bits per heavy atom. The van der Waals surface area contributed by atoms with E-state index < -0.39 is 0 Å². The smallest absolute Gasteiger partial charge is 0.208 e. The van der Waals surface area contributed by atoms with Crippen molar-refractivity contribution < 1.29 is 9.13 Å². The molecule has 0 saturated carbocycles. The van der Waals surface area contributed by atoms with Crippen LogP contribution in [0.3, 0.4) is 0 Å². The summed E-state index contributed by atoms with van der Waals surface area (Å²) in [6.45, 7) is 5.14. The van der Waals surface area contributed by atoms with Gasteiger partial charge in [0.15, 0.2) is 5.65 Å². The molecule has 1 aliphatic heterocycles. The van der Waals surface area contributed by atoms with E-state index in [1.54, 1.807) is 12.3 Å². The third-order valence-electron chi connectivity index (χ3n) is 4.42. The van der Waals surface area contributed by atoms with Crippen LogP contribution in [-0.2, 0) is 13.0 Å². The number of rotatable bonds is 4. The minimum absolute atomic E-state index is 0.224. The lowest BCUT2D eigenvalue weighted by molar-refractivity contribution is 0.356. The fourth-order valence-corrected chi connectivity index (χ4v) is 3.43. The maximum atomic E-state index is 14.3. The van der Waals surface area contributed by atoms with Crippen molar-refractivity contribution in [1.29, 1.82) is 0 Å². The number of benzene rings is 1. The Morgan fingerprint density at radius 1 is 1.40 bits per heavy atom. The lowest BCUT2D eigenvalue weighted by Gasteiger charge is -2.12. The van der Waals surface area contributed by atoms with Gasteiger partial charge in [-0.1, -0.05) is 13.8 Å². The van der Waals surface area contributed by atoms with Crippen LogP contribution in [0.5, 0.6) is 5.75 Å². The van der Waals surface area contributed by atoms with Gasteiger partial charge in [0.1, 0.15) is 11.6 Å². The Balaban J connectivity index is 1.68. The summed E-state index contributed by atoms with van der Waals surface area (Å²) in [5, 5.41) is 3.25. The van der Waals surface area contributed by atoms with Crippen LogP contribution >= 0.6 is 15.9 Å². The molecule has 0 amide bonds. The Labute approximate surface area is 153 Å². The van der Waals surface area contributed by atoms with E-state index in [2.05, 4.69) is 45.1 Å². The number of aromatic nitrogens is 3. The van der Waals surface area contributed by atoms with Crippen molar-refractivity contribution in [2.24, 2.45) is 0 Å². The second-order valence-electron chi connectivity index (χ2n) is 6.40. The Bertz CT molecular complexity index is 954. The van der Waals surface area contributed by atoms with E-state index in [0.29, 0.717) is 30.6 Å². The summed E-state index contributed by atoms with van der Waals surface area (Å²) in [6.07, 6.45) is 4.41. The molecule has 4 rings (SSSR count). The molecule has 5 nitrogen and oxygen atoms in total. The quantitative estimate of drug-likeness (QED) is 0.703. The first-order valence-corrected chi connectivity index (χ1v) is 9.04. The van der Waals surface area contributed by atoms with Gasteiger partial charge in [0.05, 0.1) is 16.8 Å². The van der Waals surface area contributed by atoms with Crippen molar-refractivity contribution in [3.05, 3.63) is 51.6 Å². The molecule has 3 aromatic rings. The number of hydrogen-bond acceptors (Lipinski definition) is 4. The molecule has 0 spiro atoms. The number of fused-ring (bicyclic) bond motifs is 2. The molecule has 1 aliphatic rings. The van der Waals surface area contributed by atoms with Crippen LogP contribution in [0, 0.1) is 5.82 Å². The number of imidazole rings is 1. The van der Waals surface area contributed by atoms with Crippen LogP contribution in [0.25, 0.3) is 5.65 Å². The van der Waals surface area contributed by atoms with Gasteiger partial charge >= 0.3 is 0 Å². The van der Waals surface area contributed by atoms with Crippen LogP contribution in [0.2, 0.25) is 0 Å². The summed E-state index contributed by atoms with van der Waals surface area (Å²) in [6, 6.07) is 3.15. The van der Waals surface area contributed by atoms with Crippen LogP contribution < -0.4 is 10.1 Å². The lowest BCUT2D eigenvalue weighted by atomic mass is 10.0. The van der Waals surface area contributed by atoms with E-state index in [1.807, 2.05) is 10.6 Å². The molecule has 2 aromatic heterocycles. The van der Waals surface area contributed by atoms with Gasteiger partial charge in [0.25, 0.3) is 0 Å². The summed E-state index contributed by atoms with van der Waals surface area (Å²) < 4.78 is 22.5. The lowest BCUT2D eigenvalue weighted by Crippen LogP contribution is -2.09. The highest BCUT2D eigenvalue weighted by molar-refractivity contribution is 9.10. The third-order valence-corrected chi connectivity index (χ3v) is 4.98. The SMILES string of the molecule is CC(C)c1cn2c(NCc3c(F)ccc4c3CCO4)ncc(Br)c2n1. The first kappa shape index (κ1) is 16.3. The van der Waals surface area contributed by atoms with Crippen molar-refractivity contribution in [2.45, 2.75) is 32.7 Å². The molecule has 0 unspecified atom stereocenters. The number of nitrogens with one attached hydrogen (secondary N) is 1. The van der Waals surface area contributed by atoms with Crippen molar-refractivity contribution >= 4 is 27.5 Å². The van der Waals surface area contributed by atoms with Gasteiger partial charge < -0.3 is 10.1 Å². The molecule has 0 bridgehead atoms. The van der Waals surface area contributed by atoms with Crippen molar-refractivity contribution in [2.75, 3.05) is 11.9 Å². The van der Waals surface area contributed by atoms with E-state index in [9.17, 15) is 4.39 Å². The molecule has 0 atom stereocenters. The highest BCUT2D eigenvalue weighted by Crippen LogP contribution is 2.31. The molecule has 3 heterocycles. The summed E-state index contributed by atoms with van der Waals surface area (Å²) in [4.78, 5) is 9.07. The van der Waals surface area contributed by atoms with Gasteiger partial charge in [-0.25, -0.2) is 14.4 Å². The van der Waals surface area contributed by atoms with E-state index in [1.165, 1.54) is 6.07 Å². The Morgan fingerprint density at radius 2 is 2.24 bits per heavy atom. The fraction of sp³-hybridized carbons (Fsp3) is 0.333. The number of anilines is 1. The van der Waals surface area contributed by atoms with Crippen molar-refractivity contribution in [1.82, 2.24) is 14.4 Å². The molecular formula is C18H18BrFN4O. The monoisotopic (exact) mass is 404 g/mol. The Kier molecular flexibility index (Phi) is 4.11. The summed E-state index contributed by atoms with van der Waals surface area (Å²) >= 11 is 3.49. The minimum atomic E-state index is -0.224. The first-order chi connectivity index (χ1) is 12.0. The predicted molar refractivity (Wildman–Crippen MR) is 97.7 cm³/mol. The van der Waals surface area contributed by atoms with Gasteiger partial charge in [0, 0.05) is 36.5 Å². The number of ether oxygens (including phenoxy) is 1. The maximum Gasteiger partial charge on any atom is 0.208 e. The predicted octanol–water partition coefficient (Wildman–Crippen LogP) is 4.30. The second-order valence-corrected chi connectivity index (χ2v) is 7.25. The highest BCUT2D eigenvalue weighted by Gasteiger charge is 2.20. The third kappa shape index (κ3) is 2.86. The van der Waals surface area contributed by atoms with Gasteiger partial charge in [-0.15, -0.1) is 0 Å². The largest absolute Gasteiger partial charge is 0.493 e. The zero-order valence-electron chi connectivity index (χ0n) is 14.0. The Hall–Kier alpha value is -2.15. The summed E-state index contributed by atoms with van der Waals surface area (Å²) in [7, 11) is 0. The van der Waals surface area contributed by atoms with Crippen LogP contribution in [0.15, 0.2) is 29.0 Å². The van der Waals surface area contributed by atoms with E-state index in [4.69, 9.17) is 4.74 Å². The minimum Gasteiger partial charge on any atom is -0.493 e. The number of hydrogen-bond donors (Lipinski definition) is 1. The van der Waals surface area contributed by atoms with E-state index >= 15 is 0 Å². The van der Waals surface area contributed by atoms with Crippen LogP contribution in [0.1, 0.15) is 36.6 Å². The molecule has 0 radical (unpaired) electrons. The van der Waals surface area contributed by atoms with E-state index in [0.717, 1.165) is 33.5 Å².